The lowest BCUT2D eigenvalue weighted by Gasteiger charge is -1.92. The van der Waals surface area contributed by atoms with Gasteiger partial charge in [0, 0.05) is 7.11 Å². The molecule has 6 heavy (non-hydrogen) atoms. The molecule has 0 aliphatic heterocycles. The van der Waals surface area contributed by atoms with Crippen LogP contribution >= 0.6 is 22.7 Å². The van der Waals surface area contributed by atoms with E-state index in [9.17, 15) is 0 Å². The van der Waals surface area contributed by atoms with Crippen LogP contribution in [-0.4, -0.2) is 21.0 Å². The minimum absolute atomic E-state index is 0.447. The first-order chi connectivity index (χ1) is 2.81. The van der Waals surface area contributed by atoms with Crippen LogP contribution in [0, 0.1) is 0 Å². The summed E-state index contributed by atoms with van der Waals surface area (Å²) in [5.74, 6) is 0. The van der Waals surface area contributed by atoms with Crippen LogP contribution in [0.4, 0.5) is 0 Å². The van der Waals surface area contributed by atoms with Crippen LogP contribution in [0.15, 0.2) is 0 Å². The highest BCUT2D eigenvalue weighted by Crippen LogP contribution is 1.90. The summed E-state index contributed by atoms with van der Waals surface area (Å²) >= 11 is 10.6. The third-order valence-corrected chi connectivity index (χ3v) is 2.98. The molecule has 1 nitrogen and oxygen atoms in total. The number of alkyl halides is 1. The lowest BCUT2D eigenvalue weighted by molar-refractivity contribution is 0.439. The van der Waals surface area contributed by atoms with Gasteiger partial charge in [-0.2, -0.15) is 0 Å². The molecule has 37 valence electrons. The van der Waals surface area contributed by atoms with E-state index in [1.807, 2.05) is 0 Å². The molecule has 0 amide bonds. The lowest BCUT2D eigenvalue weighted by atomic mass is 11.8. The predicted molar refractivity (Wildman–Crippen MR) is 29.3 cm³/mol. The highest BCUT2D eigenvalue weighted by molar-refractivity contribution is 7.05. The molecular formula is C2H5Cl2OSi. The van der Waals surface area contributed by atoms with Crippen LogP contribution in [0.5, 0.6) is 0 Å². The van der Waals surface area contributed by atoms with Gasteiger partial charge in [0.25, 0.3) is 0 Å². The summed E-state index contributed by atoms with van der Waals surface area (Å²) in [7, 11) is 0.429. The average molecular weight is 144 g/mol. The van der Waals surface area contributed by atoms with Gasteiger partial charge in [-0.25, -0.2) is 0 Å². The molecule has 0 unspecified atom stereocenters. The van der Waals surface area contributed by atoms with Crippen molar-refractivity contribution in [1.82, 2.24) is 0 Å². The monoisotopic (exact) mass is 143 g/mol. The van der Waals surface area contributed by atoms with Gasteiger partial charge in [0.1, 0.15) is 0 Å². The quantitative estimate of drug-likeness (QED) is 0.320. The predicted octanol–water partition coefficient (Wildman–Crippen LogP) is 1.14. The molecule has 0 fully saturated rings. The molecule has 0 saturated carbocycles. The second-order valence-corrected chi connectivity index (χ2v) is 4.15. The third kappa shape index (κ3) is 2.97. The van der Waals surface area contributed by atoms with Crippen molar-refractivity contribution in [2.45, 2.75) is 0 Å². The van der Waals surface area contributed by atoms with Gasteiger partial charge in [-0.3, -0.25) is 0 Å². The zero-order valence-electron chi connectivity index (χ0n) is 3.37. The smallest absolute Gasteiger partial charge is 0.338 e. The molecule has 0 saturated heterocycles. The van der Waals surface area contributed by atoms with Crippen molar-refractivity contribution in [2.24, 2.45) is 0 Å². The Bertz CT molecular complexity index is 30.7. The summed E-state index contributed by atoms with van der Waals surface area (Å²) in [4.78, 5) is 0. The van der Waals surface area contributed by atoms with E-state index in [-0.39, 0.29) is 0 Å². The lowest BCUT2D eigenvalue weighted by Crippen LogP contribution is -2.08. The topological polar surface area (TPSA) is 9.23 Å². The Morgan fingerprint density at radius 1 is 1.83 bits per heavy atom. The van der Waals surface area contributed by atoms with Crippen LogP contribution in [0.2, 0.25) is 0 Å². The minimum atomic E-state index is -1.13. The Labute approximate surface area is 48.6 Å². The summed E-state index contributed by atoms with van der Waals surface area (Å²) in [6, 6.07) is 0. The summed E-state index contributed by atoms with van der Waals surface area (Å²) < 4.78 is 4.63. The molecule has 0 aliphatic rings. The van der Waals surface area contributed by atoms with Gasteiger partial charge in [-0.15, -0.1) is 22.7 Å². The van der Waals surface area contributed by atoms with Crippen molar-refractivity contribution >= 4 is 31.0 Å². The Hall–Kier alpha value is 0.757. The Morgan fingerprint density at radius 3 is 2.33 bits per heavy atom. The largest absolute Gasteiger partial charge is 0.406 e. The van der Waals surface area contributed by atoms with Crippen LogP contribution < -0.4 is 0 Å². The normalized spacial score (nSPS) is 10.0. The highest BCUT2D eigenvalue weighted by Gasteiger charge is 2.01. The van der Waals surface area contributed by atoms with Gasteiger partial charge in [0.05, 0.1) is 5.50 Å². The molecule has 0 atom stereocenters. The minimum Gasteiger partial charge on any atom is -0.406 e. The van der Waals surface area contributed by atoms with E-state index in [2.05, 4.69) is 4.43 Å². The molecule has 0 spiro atoms. The summed E-state index contributed by atoms with van der Waals surface area (Å²) in [5.41, 5.74) is 0.447. The zero-order chi connectivity index (χ0) is 4.99. The van der Waals surface area contributed by atoms with Crippen molar-refractivity contribution in [2.75, 3.05) is 12.6 Å². The molecule has 0 aromatic rings. The van der Waals surface area contributed by atoms with Crippen molar-refractivity contribution in [1.29, 1.82) is 0 Å². The van der Waals surface area contributed by atoms with E-state index in [4.69, 9.17) is 22.7 Å². The second-order valence-electron chi connectivity index (χ2n) is 0.693. The summed E-state index contributed by atoms with van der Waals surface area (Å²) in [6.07, 6.45) is 0. The van der Waals surface area contributed by atoms with Gasteiger partial charge in [0.2, 0.25) is 0 Å². The van der Waals surface area contributed by atoms with E-state index in [0.717, 1.165) is 0 Å². The first-order valence-electron chi connectivity index (χ1n) is 1.42. The van der Waals surface area contributed by atoms with Crippen molar-refractivity contribution < 1.29 is 4.43 Å². The maximum absolute atomic E-state index is 5.40. The molecule has 0 heterocycles. The number of hydrogen-bond donors (Lipinski definition) is 0. The maximum Gasteiger partial charge on any atom is 0.338 e. The van der Waals surface area contributed by atoms with Crippen molar-refractivity contribution in [3.05, 3.63) is 0 Å². The zero-order valence-corrected chi connectivity index (χ0v) is 5.88. The standard InChI is InChI=1S/C2H5Cl2OSi/c1-5-6(4)2-3/h2H2,1H3. The number of rotatable bonds is 2. The number of hydrogen-bond acceptors (Lipinski definition) is 1. The van der Waals surface area contributed by atoms with Crippen LogP contribution in [-0.2, 0) is 4.43 Å². The number of halogens is 2. The first kappa shape index (κ1) is 6.76. The molecule has 0 rings (SSSR count). The first-order valence-corrected chi connectivity index (χ1v) is 4.58. The Balaban J connectivity index is 2.75. The van der Waals surface area contributed by atoms with E-state index >= 15 is 0 Å². The molecule has 0 aromatic carbocycles. The molecule has 0 bridgehead atoms. The van der Waals surface area contributed by atoms with E-state index in [1.165, 1.54) is 0 Å². The van der Waals surface area contributed by atoms with Crippen LogP contribution in [0.3, 0.4) is 0 Å². The SMILES string of the molecule is CO[Si](Cl)CCl. The van der Waals surface area contributed by atoms with Gasteiger partial charge in [-0.1, -0.05) is 0 Å². The maximum atomic E-state index is 5.40. The Morgan fingerprint density at radius 2 is 2.33 bits per heavy atom. The van der Waals surface area contributed by atoms with E-state index < -0.39 is 8.35 Å². The van der Waals surface area contributed by atoms with Gasteiger partial charge < -0.3 is 4.43 Å². The molecule has 0 aliphatic carbocycles. The molecular weight excluding hydrogens is 139 g/mol. The van der Waals surface area contributed by atoms with Gasteiger partial charge in [0.15, 0.2) is 0 Å². The van der Waals surface area contributed by atoms with Crippen LogP contribution in [0.1, 0.15) is 0 Å². The van der Waals surface area contributed by atoms with E-state index in [1.54, 1.807) is 7.11 Å². The summed E-state index contributed by atoms with van der Waals surface area (Å²) in [6.45, 7) is 0. The average Bonchev–Trinajstić information content (AvgIpc) is 1.65. The van der Waals surface area contributed by atoms with E-state index in [0.29, 0.717) is 5.50 Å². The summed E-state index contributed by atoms with van der Waals surface area (Å²) in [5, 5.41) is 0. The molecule has 4 heteroatoms. The fourth-order valence-corrected chi connectivity index (χ4v) is 0.491. The highest BCUT2D eigenvalue weighted by atomic mass is 35.6. The van der Waals surface area contributed by atoms with Gasteiger partial charge >= 0.3 is 8.35 Å². The molecule has 0 aromatic heterocycles. The van der Waals surface area contributed by atoms with Crippen molar-refractivity contribution in [3.8, 4) is 0 Å². The van der Waals surface area contributed by atoms with Crippen molar-refractivity contribution in [3.63, 3.8) is 0 Å². The molecule has 0 N–H and O–H groups in total. The third-order valence-electron chi connectivity index (χ3n) is 0.327. The fourth-order valence-electron chi connectivity index (χ4n) is 0.0546. The Kier molecular flexibility index (Phi) is 4.43. The second kappa shape index (κ2) is 3.93. The van der Waals surface area contributed by atoms with Gasteiger partial charge in [-0.05, 0) is 0 Å². The van der Waals surface area contributed by atoms with Crippen LogP contribution in [0.25, 0.3) is 0 Å². The molecule has 1 radical (unpaired) electrons. The fraction of sp³-hybridized carbons (Fsp3) is 1.00.